The van der Waals surface area contributed by atoms with Gasteiger partial charge in [0.15, 0.2) is 0 Å². The van der Waals surface area contributed by atoms with E-state index in [1.165, 1.54) is 38.5 Å². The molecule has 0 radical (unpaired) electrons. The molecule has 2 unspecified atom stereocenters. The first-order valence-electron chi connectivity index (χ1n) is 5.91. The second kappa shape index (κ2) is 4.99. The van der Waals surface area contributed by atoms with Crippen molar-refractivity contribution in [3.8, 4) is 0 Å². The fourth-order valence-electron chi connectivity index (χ4n) is 2.46. The van der Waals surface area contributed by atoms with E-state index < -0.39 is 0 Å². The first-order chi connectivity index (χ1) is 6.19. The van der Waals surface area contributed by atoms with Crippen LogP contribution in [0, 0.1) is 5.92 Å². The highest BCUT2D eigenvalue weighted by Crippen LogP contribution is 2.38. The van der Waals surface area contributed by atoms with Gasteiger partial charge in [0, 0.05) is 0 Å². The van der Waals surface area contributed by atoms with E-state index in [-0.39, 0.29) is 5.60 Å². The van der Waals surface area contributed by atoms with Crippen molar-refractivity contribution < 1.29 is 5.11 Å². The highest BCUT2D eigenvalue weighted by Gasteiger charge is 2.37. The molecule has 0 aromatic rings. The Kier molecular flexibility index (Phi) is 4.24. The Morgan fingerprint density at radius 1 is 1.31 bits per heavy atom. The van der Waals surface area contributed by atoms with Crippen molar-refractivity contribution in [3.63, 3.8) is 0 Å². The third-order valence-corrected chi connectivity index (χ3v) is 3.63. The van der Waals surface area contributed by atoms with E-state index in [4.69, 9.17) is 0 Å². The molecule has 1 heteroatoms. The van der Waals surface area contributed by atoms with Crippen molar-refractivity contribution in [3.05, 3.63) is 0 Å². The Bertz CT molecular complexity index is 144. The van der Waals surface area contributed by atoms with E-state index >= 15 is 0 Å². The molecule has 0 saturated heterocycles. The molecule has 0 bridgehead atoms. The lowest BCUT2D eigenvalue weighted by atomic mass is 9.87. The van der Waals surface area contributed by atoms with Gasteiger partial charge in [-0.3, -0.25) is 0 Å². The zero-order valence-corrected chi connectivity index (χ0v) is 9.18. The summed E-state index contributed by atoms with van der Waals surface area (Å²) in [7, 11) is 0. The Morgan fingerprint density at radius 2 is 2.08 bits per heavy atom. The van der Waals surface area contributed by atoms with Gasteiger partial charge in [0.1, 0.15) is 0 Å². The SMILES string of the molecule is CCCCCCC1(O)CCCC1C. The summed E-state index contributed by atoms with van der Waals surface area (Å²) < 4.78 is 0. The molecular weight excluding hydrogens is 160 g/mol. The van der Waals surface area contributed by atoms with Crippen LogP contribution in [0.25, 0.3) is 0 Å². The predicted molar refractivity (Wildman–Crippen MR) is 56.7 cm³/mol. The van der Waals surface area contributed by atoms with Crippen LogP contribution < -0.4 is 0 Å². The topological polar surface area (TPSA) is 20.2 Å². The van der Waals surface area contributed by atoms with E-state index in [0.29, 0.717) is 5.92 Å². The maximum Gasteiger partial charge on any atom is 0.0673 e. The molecule has 0 amide bonds. The Labute approximate surface area is 82.5 Å². The van der Waals surface area contributed by atoms with Crippen LogP contribution in [-0.4, -0.2) is 10.7 Å². The van der Waals surface area contributed by atoms with Crippen LogP contribution in [0.3, 0.4) is 0 Å². The molecule has 1 aliphatic rings. The van der Waals surface area contributed by atoms with Gasteiger partial charge in [0.2, 0.25) is 0 Å². The first-order valence-corrected chi connectivity index (χ1v) is 5.91. The fraction of sp³-hybridized carbons (Fsp3) is 1.00. The summed E-state index contributed by atoms with van der Waals surface area (Å²) in [5.41, 5.74) is -0.298. The minimum absolute atomic E-state index is 0.298. The van der Waals surface area contributed by atoms with Crippen molar-refractivity contribution in [2.24, 2.45) is 5.92 Å². The van der Waals surface area contributed by atoms with Gasteiger partial charge in [-0.25, -0.2) is 0 Å². The minimum Gasteiger partial charge on any atom is -0.390 e. The summed E-state index contributed by atoms with van der Waals surface area (Å²) in [6.45, 7) is 4.43. The number of unbranched alkanes of at least 4 members (excludes halogenated alkanes) is 3. The monoisotopic (exact) mass is 184 g/mol. The van der Waals surface area contributed by atoms with Gasteiger partial charge in [-0.1, -0.05) is 46.0 Å². The largest absolute Gasteiger partial charge is 0.390 e. The number of aliphatic hydroxyl groups is 1. The van der Waals surface area contributed by atoms with Crippen LogP contribution in [0.5, 0.6) is 0 Å². The lowest BCUT2D eigenvalue weighted by Gasteiger charge is -2.27. The molecule has 2 atom stereocenters. The van der Waals surface area contributed by atoms with Gasteiger partial charge < -0.3 is 5.11 Å². The second-order valence-electron chi connectivity index (χ2n) is 4.71. The predicted octanol–water partition coefficient (Wildman–Crippen LogP) is 3.51. The van der Waals surface area contributed by atoms with Crippen molar-refractivity contribution in [1.29, 1.82) is 0 Å². The standard InChI is InChI=1S/C12H24O/c1-3-4-5-6-9-12(13)10-7-8-11(12)2/h11,13H,3-10H2,1-2H3. The van der Waals surface area contributed by atoms with Crippen molar-refractivity contribution in [1.82, 2.24) is 0 Å². The molecule has 1 rings (SSSR count). The van der Waals surface area contributed by atoms with Crippen LogP contribution in [0.15, 0.2) is 0 Å². The maximum atomic E-state index is 10.3. The Hall–Kier alpha value is -0.0400. The molecular formula is C12H24O. The average Bonchev–Trinajstić information content (AvgIpc) is 2.42. The van der Waals surface area contributed by atoms with Gasteiger partial charge in [-0.15, -0.1) is 0 Å². The average molecular weight is 184 g/mol. The van der Waals surface area contributed by atoms with E-state index in [0.717, 1.165) is 12.8 Å². The number of hydrogen-bond donors (Lipinski definition) is 1. The lowest BCUT2D eigenvalue weighted by Crippen LogP contribution is -2.31. The molecule has 1 aliphatic carbocycles. The quantitative estimate of drug-likeness (QED) is 0.648. The van der Waals surface area contributed by atoms with Crippen LogP contribution in [0.4, 0.5) is 0 Å². The van der Waals surface area contributed by atoms with Crippen LogP contribution in [0.1, 0.15) is 65.2 Å². The zero-order valence-electron chi connectivity index (χ0n) is 9.18. The normalized spacial score (nSPS) is 33.9. The summed E-state index contributed by atoms with van der Waals surface area (Å²) in [5.74, 6) is 0.536. The molecule has 0 aromatic heterocycles. The van der Waals surface area contributed by atoms with Crippen molar-refractivity contribution >= 4 is 0 Å². The fourth-order valence-corrected chi connectivity index (χ4v) is 2.46. The molecule has 1 fully saturated rings. The summed E-state index contributed by atoms with van der Waals surface area (Å²) >= 11 is 0. The van der Waals surface area contributed by atoms with E-state index in [9.17, 15) is 5.11 Å². The highest BCUT2D eigenvalue weighted by atomic mass is 16.3. The van der Waals surface area contributed by atoms with Crippen molar-refractivity contribution in [2.45, 2.75) is 70.8 Å². The molecule has 1 saturated carbocycles. The van der Waals surface area contributed by atoms with E-state index in [1.54, 1.807) is 0 Å². The minimum atomic E-state index is -0.298. The number of rotatable bonds is 5. The zero-order chi connectivity index (χ0) is 9.73. The van der Waals surface area contributed by atoms with Gasteiger partial charge in [-0.2, -0.15) is 0 Å². The molecule has 1 N–H and O–H groups in total. The van der Waals surface area contributed by atoms with Crippen LogP contribution in [-0.2, 0) is 0 Å². The van der Waals surface area contributed by atoms with Gasteiger partial charge >= 0.3 is 0 Å². The van der Waals surface area contributed by atoms with Crippen LogP contribution >= 0.6 is 0 Å². The molecule has 78 valence electrons. The summed E-state index contributed by atoms with van der Waals surface area (Å²) in [6, 6.07) is 0. The van der Waals surface area contributed by atoms with Gasteiger partial charge in [0.25, 0.3) is 0 Å². The van der Waals surface area contributed by atoms with Crippen LogP contribution in [0.2, 0.25) is 0 Å². The smallest absolute Gasteiger partial charge is 0.0673 e. The summed E-state index contributed by atoms with van der Waals surface area (Å²) in [6.07, 6.45) is 9.66. The highest BCUT2D eigenvalue weighted by molar-refractivity contribution is 4.89. The molecule has 0 spiro atoms. The van der Waals surface area contributed by atoms with E-state index in [1.807, 2.05) is 0 Å². The molecule has 1 nitrogen and oxygen atoms in total. The molecule has 0 aliphatic heterocycles. The lowest BCUT2D eigenvalue weighted by molar-refractivity contribution is -0.00125. The summed E-state index contributed by atoms with van der Waals surface area (Å²) in [4.78, 5) is 0. The Balaban J connectivity index is 2.18. The molecule has 0 aromatic carbocycles. The molecule has 0 heterocycles. The maximum absolute atomic E-state index is 10.3. The molecule has 13 heavy (non-hydrogen) atoms. The Morgan fingerprint density at radius 3 is 2.62 bits per heavy atom. The van der Waals surface area contributed by atoms with E-state index in [2.05, 4.69) is 13.8 Å². The summed E-state index contributed by atoms with van der Waals surface area (Å²) in [5, 5.41) is 10.3. The van der Waals surface area contributed by atoms with Crippen molar-refractivity contribution in [2.75, 3.05) is 0 Å². The first kappa shape index (κ1) is 11.0. The second-order valence-corrected chi connectivity index (χ2v) is 4.71. The van der Waals surface area contributed by atoms with Gasteiger partial charge in [-0.05, 0) is 25.2 Å². The third kappa shape index (κ3) is 2.98. The van der Waals surface area contributed by atoms with Gasteiger partial charge in [0.05, 0.1) is 5.60 Å². The third-order valence-electron chi connectivity index (χ3n) is 3.63. The number of hydrogen-bond acceptors (Lipinski definition) is 1.